The van der Waals surface area contributed by atoms with Crippen molar-refractivity contribution in [1.82, 2.24) is 9.80 Å². The molecule has 1 aliphatic rings. The van der Waals surface area contributed by atoms with Crippen LogP contribution in [0.2, 0.25) is 0 Å². The highest BCUT2D eigenvalue weighted by Crippen LogP contribution is 2.18. The maximum Gasteiger partial charge on any atom is 0.222 e. The Balaban J connectivity index is 2.21. The topological polar surface area (TPSA) is 49.6 Å². The number of rotatable bonds is 8. The van der Waals surface area contributed by atoms with Crippen LogP contribution >= 0.6 is 0 Å². The predicted octanol–water partition coefficient (Wildman–Crippen LogP) is 2.23. The van der Waals surface area contributed by atoms with Crippen molar-refractivity contribution >= 4 is 5.91 Å². The molecule has 0 bridgehead atoms. The first-order chi connectivity index (χ1) is 9.56. The predicted molar refractivity (Wildman–Crippen MR) is 84.6 cm³/mol. The van der Waals surface area contributed by atoms with Crippen LogP contribution in [-0.4, -0.2) is 54.5 Å². The minimum absolute atomic E-state index is 0.320. The Morgan fingerprint density at radius 2 is 1.80 bits per heavy atom. The molecule has 0 saturated carbocycles. The third kappa shape index (κ3) is 5.80. The molecule has 1 rings (SSSR count). The van der Waals surface area contributed by atoms with E-state index in [4.69, 9.17) is 5.73 Å². The van der Waals surface area contributed by atoms with Gasteiger partial charge in [-0.25, -0.2) is 0 Å². The number of unbranched alkanes of at least 4 members (excludes halogenated alkanes) is 3. The van der Waals surface area contributed by atoms with Crippen molar-refractivity contribution in [3.63, 3.8) is 0 Å². The molecule has 2 N–H and O–H groups in total. The van der Waals surface area contributed by atoms with Crippen LogP contribution < -0.4 is 5.73 Å². The van der Waals surface area contributed by atoms with Crippen LogP contribution in [0.4, 0.5) is 0 Å². The molecule has 0 radical (unpaired) electrons. The molecule has 0 aliphatic carbocycles. The molecule has 20 heavy (non-hydrogen) atoms. The molecule has 0 spiro atoms. The van der Waals surface area contributed by atoms with E-state index in [2.05, 4.69) is 18.7 Å². The minimum atomic E-state index is 0.320. The lowest BCUT2D eigenvalue weighted by molar-refractivity contribution is -0.133. The largest absolute Gasteiger partial charge is 0.343 e. The zero-order valence-corrected chi connectivity index (χ0v) is 13.6. The standard InChI is InChI=1S/C16H33N3O/c1-14(2)19-12-9-15(10-13-19)18(3)16(20)8-6-4-5-7-11-17/h14-15H,4-13,17H2,1-3H3. The zero-order valence-electron chi connectivity index (χ0n) is 13.6. The maximum absolute atomic E-state index is 12.2. The number of nitrogens with two attached hydrogens (primary N) is 1. The first-order valence-corrected chi connectivity index (χ1v) is 8.26. The highest BCUT2D eigenvalue weighted by Gasteiger charge is 2.25. The van der Waals surface area contributed by atoms with Gasteiger partial charge in [0.15, 0.2) is 0 Å². The highest BCUT2D eigenvalue weighted by atomic mass is 16.2. The minimum Gasteiger partial charge on any atom is -0.343 e. The van der Waals surface area contributed by atoms with Gasteiger partial charge in [-0.1, -0.05) is 12.8 Å². The zero-order chi connectivity index (χ0) is 15.0. The van der Waals surface area contributed by atoms with Crippen LogP contribution in [0.15, 0.2) is 0 Å². The van der Waals surface area contributed by atoms with Gasteiger partial charge in [0, 0.05) is 38.6 Å². The van der Waals surface area contributed by atoms with E-state index < -0.39 is 0 Å². The molecule has 0 atom stereocenters. The van der Waals surface area contributed by atoms with E-state index in [0.29, 0.717) is 24.4 Å². The number of hydrogen-bond donors (Lipinski definition) is 1. The van der Waals surface area contributed by atoms with Crippen molar-refractivity contribution in [2.45, 2.75) is 70.9 Å². The Bertz CT molecular complexity index is 273. The summed E-state index contributed by atoms with van der Waals surface area (Å²) in [5, 5.41) is 0. The summed E-state index contributed by atoms with van der Waals surface area (Å²) in [6.45, 7) is 7.50. The number of nitrogens with zero attached hydrogens (tertiary/aromatic N) is 2. The Kier molecular flexibility index (Phi) is 8.15. The summed E-state index contributed by atoms with van der Waals surface area (Å²) in [6.07, 6.45) is 7.31. The van der Waals surface area contributed by atoms with E-state index >= 15 is 0 Å². The summed E-state index contributed by atoms with van der Waals surface area (Å²) in [4.78, 5) is 16.7. The fourth-order valence-electron chi connectivity index (χ4n) is 2.94. The van der Waals surface area contributed by atoms with E-state index in [1.807, 2.05) is 11.9 Å². The summed E-state index contributed by atoms with van der Waals surface area (Å²) in [5.74, 6) is 0.320. The van der Waals surface area contributed by atoms with Crippen molar-refractivity contribution in [2.24, 2.45) is 5.73 Å². The van der Waals surface area contributed by atoms with Crippen molar-refractivity contribution in [3.05, 3.63) is 0 Å². The molecule has 0 aromatic carbocycles. The maximum atomic E-state index is 12.2. The number of hydrogen-bond acceptors (Lipinski definition) is 3. The molecular weight excluding hydrogens is 250 g/mol. The monoisotopic (exact) mass is 283 g/mol. The van der Waals surface area contributed by atoms with Crippen molar-refractivity contribution in [3.8, 4) is 0 Å². The molecule has 1 fully saturated rings. The van der Waals surface area contributed by atoms with Gasteiger partial charge in [0.25, 0.3) is 0 Å². The fourth-order valence-corrected chi connectivity index (χ4v) is 2.94. The Morgan fingerprint density at radius 1 is 1.20 bits per heavy atom. The lowest BCUT2D eigenvalue weighted by atomic mass is 10.0. The number of carbonyl (C=O) groups is 1. The van der Waals surface area contributed by atoms with E-state index in [1.54, 1.807) is 0 Å². The third-order valence-electron chi connectivity index (χ3n) is 4.52. The lowest BCUT2D eigenvalue weighted by Gasteiger charge is -2.38. The Hall–Kier alpha value is -0.610. The summed E-state index contributed by atoms with van der Waals surface area (Å²) >= 11 is 0. The van der Waals surface area contributed by atoms with Gasteiger partial charge in [0.2, 0.25) is 5.91 Å². The molecule has 1 heterocycles. The second-order valence-electron chi connectivity index (χ2n) is 6.32. The van der Waals surface area contributed by atoms with Crippen LogP contribution in [0.25, 0.3) is 0 Å². The molecule has 0 aromatic heterocycles. The van der Waals surface area contributed by atoms with Crippen LogP contribution in [-0.2, 0) is 4.79 Å². The van der Waals surface area contributed by atoms with Crippen molar-refractivity contribution < 1.29 is 4.79 Å². The van der Waals surface area contributed by atoms with Gasteiger partial charge >= 0.3 is 0 Å². The molecule has 0 aromatic rings. The van der Waals surface area contributed by atoms with Gasteiger partial charge in [-0.05, 0) is 46.1 Å². The lowest BCUT2D eigenvalue weighted by Crippen LogP contribution is -2.47. The van der Waals surface area contributed by atoms with Gasteiger partial charge in [-0.15, -0.1) is 0 Å². The molecule has 1 aliphatic heterocycles. The Morgan fingerprint density at radius 3 is 2.35 bits per heavy atom. The third-order valence-corrected chi connectivity index (χ3v) is 4.52. The molecule has 1 amide bonds. The van der Waals surface area contributed by atoms with E-state index in [1.165, 1.54) is 0 Å². The van der Waals surface area contributed by atoms with Crippen LogP contribution in [0.1, 0.15) is 58.8 Å². The first kappa shape index (κ1) is 17.4. The molecular formula is C16H33N3O. The molecule has 0 unspecified atom stereocenters. The number of piperidine rings is 1. The summed E-state index contributed by atoms with van der Waals surface area (Å²) < 4.78 is 0. The van der Waals surface area contributed by atoms with Gasteiger partial charge in [0.1, 0.15) is 0 Å². The molecule has 1 saturated heterocycles. The number of likely N-dealkylation sites (tertiary alicyclic amines) is 1. The fraction of sp³-hybridized carbons (Fsp3) is 0.938. The summed E-state index contributed by atoms with van der Waals surface area (Å²) in [6, 6.07) is 1.07. The summed E-state index contributed by atoms with van der Waals surface area (Å²) in [5.41, 5.74) is 5.47. The van der Waals surface area contributed by atoms with Gasteiger partial charge < -0.3 is 15.5 Å². The summed E-state index contributed by atoms with van der Waals surface area (Å²) in [7, 11) is 1.98. The molecule has 4 heteroatoms. The van der Waals surface area contributed by atoms with Gasteiger partial charge in [0.05, 0.1) is 0 Å². The quantitative estimate of drug-likeness (QED) is 0.695. The smallest absolute Gasteiger partial charge is 0.222 e. The highest BCUT2D eigenvalue weighted by molar-refractivity contribution is 5.76. The second-order valence-corrected chi connectivity index (χ2v) is 6.32. The van der Waals surface area contributed by atoms with Crippen LogP contribution in [0, 0.1) is 0 Å². The Labute approximate surface area is 124 Å². The second kappa shape index (κ2) is 9.35. The first-order valence-electron chi connectivity index (χ1n) is 8.26. The van der Waals surface area contributed by atoms with Gasteiger partial charge in [-0.3, -0.25) is 4.79 Å². The van der Waals surface area contributed by atoms with Crippen LogP contribution in [0.5, 0.6) is 0 Å². The van der Waals surface area contributed by atoms with E-state index in [0.717, 1.165) is 58.2 Å². The molecule has 4 nitrogen and oxygen atoms in total. The molecule has 118 valence electrons. The average molecular weight is 283 g/mol. The van der Waals surface area contributed by atoms with Crippen molar-refractivity contribution in [1.29, 1.82) is 0 Å². The number of amides is 1. The van der Waals surface area contributed by atoms with Crippen molar-refractivity contribution in [2.75, 3.05) is 26.7 Å². The van der Waals surface area contributed by atoms with Crippen LogP contribution in [0.3, 0.4) is 0 Å². The SMILES string of the molecule is CC(C)N1CCC(N(C)C(=O)CCCCCCN)CC1. The number of carbonyl (C=O) groups excluding carboxylic acids is 1. The normalized spacial score (nSPS) is 17.6. The average Bonchev–Trinajstić information content (AvgIpc) is 2.46. The van der Waals surface area contributed by atoms with Gasteiger partial charge in [-0.2, -0.15) is 0 Å². The van der Waals surface area contributed by atoms with E-state index in [9.17, 15) is 4.79 Å². The van der Waals surface area contributed by atoms with E-state index in [-0.39, 0.29) is 0 Å².